The summed E-state index contributed by atoms with van der Waals surface area (Å²) in [4.78, 5) is 24.8. The van der Waals surface area contributed by atoms with E-state index in [0.717, 1.165) is 72.5 Å². The molecule has 38 heavy (non-hydrogen) atoms. The number of aryl methyl sites for hydroxylation is 1. The first kappa shape index (κ1) is 25.7. The smallest absolute Gasteiger partial charge is 0.256 e. The molecule has 3 heterocycles. The Bertz CT molecular complexity index is 1450. The maximum absolute atomic E-state index is 15.1. The van der Waals surface area contributed by atoms with Gasteiger partial charge in [-0.3, -0.25) is 4.79 Å². The summed E-state index contributed by atoms with van der Waals surface area (Å²) in [7, 11) is 1.53. The molecule has 6 nitrogen and oxygen atoms in total. The maximum atomic E-state index is 15.1. The number of benzene rings is 1. The number of hydrogen-bond donors (Lipinski definition) is 1. The van der Waals surface area contributed by atoms with Crippen molar-refractivity contribution in [1.29, 1.82) is 0 Å². The van der Waals surface area contributed by atoms with Crippen LogP contribution in [0.15, 0.2) is 36.5 Å². The molecule has 196 valence electrons. The highest BCUT2D eigenvalue weighted by Gasteiger charge is 2.41. The van der Waals surface area contributed by atoms with Crippen LogP contribution in [0.1, 0.15) is 73.3 Å². The number of nitrogens with one attached hydrogen (secondary N) is 1. The van der Waals surface area contributed by atoms with Crippen molar-refractivity contribution in [2.45, 2.75) is 58.3 Å². The van der Waals surface area contributed by atoms with Gasteiger partial charge in [0.2, 0.25) is 5.88 Å². The van der Waals surface area contributed by atoms with Crippen molar-refractivity contribution in [3.8, 4) is 28.8 Å². The van der Waals surface area contributed by atoms with Crippen LogP contribution in [0.2, 0.25) is 0 Å². The molecule has 0 bridgehead atoms. The van der Waals surface area contributed by atoms with E-state index in [0.29, 0.717) is 11.4 Å². The van der Waals surface area contributed by atoms with Gasteiger partial charge in [0.25, 0.3) is 5.91 Å². The molecule has 1 aliphatic heterocycles. The molecule has 0 unspecified atom stereocenters. The van der Waals surface area contributed by atoms with Gasteiger partial charge in [0, 0.05) is 41.9 Å². The molecule has 1 saturated heterocycles. The van der Waals surface area contributed by atoms with Gasteiger partial charge in [-0.1, -0.05) is 12.8 Å². The second-order valence-corrected chi connectivity index (χ2v) is 10.5. The minimum Gasteiger partial charge on any atom is -0.481 e. The topological polar surface area (TPSA) is 67.3 Å². The van der Waals surface area contributed by atoms with Crippen LogP contribution in [0.3, 0.4) is 0 Å². The molecule has 1 N–H and O–H groups in total. The number of methoxy groups -OCH3 is 1. The van der Waals surface area contributed by atoms with Crippen LogP contribution in [0, 0.1) is 24.6 Å². The molecule has 1 saturated carbocycles. The number of rotatable bonds is 6. The molecular formula is C31H33FN4O2. The number of piperidine rings is 1. The molecule has 2 aliphatic rings. The van der Waals surface area contributed by atoms with Crippen LogP contribution in [-0.4, -0.2) is 36.1 Å². The summed E-state index contributed by atoms with van der Waals surface area (Å²) in [6.07, 6.45) is 7.30. The maximum Gasteiger partial charge on any atom is 0.256 e. The van der Waals surface area contributed by atoms with Crippen molar-refractivity contribution in [2.24, 2.45) is 0 Å². The van der Waals surface area contributed by atoms with E-state index < -0.39 is 11.7 Å². The second kappa shape index (κ2) is 10.4. The Morgan fingerprint density at radius 2 is 1.89 bits per heavy atom. The average Bonchev–Trinajstić information content (AvgIpc) is 3.69. The normalized spacial score (nSPS) is 15.9. The van der Waals surface area contributed by atoms with Crippen LogP contribution in [0.25, 0.3) is 11.1 Å². The van der Waals surface area contributed by atoms with Crippen LogP contribution < -0.4 is 15.0 Å². The molecule has 1 aromatic carbocycles. The van der Waals surface area contributed by atoms with E-state index in [2.05, 4.69) is 45.0 Å². The molecule has 0 radical (unpaired) electrons. The zero-order valence-electron chi connectivity index (χ0n) is 22.4. The third-order valence-electron chi connectivity index (χ3n) is 7.57. The Balaban J connectivity index is 1.48. The van der Waals surface area contributed by atoms with E-state index >= 15 is 4.39 Å². The molecule has 3 aromatic rings. The Labute approximate surface area is 223 Å². The third-order valence-corrected chi connectivity index (χ3v) is 7.57. The van der Waals surface area contributed by atoms with Crippen molar-refractivity contribution >= 4 is 17.3 Å². The summed E-state index contributed by atoms with van der Waals surface area (Å²) < 4.78 is 20.4. The van der Waals surface area contributed by atoms with Crippen LogP contribution in [0.4, 0.5) is 15.8 Å². The summed E-state index contributed by atoms with van der Waals surface area (Å²) in [5.74, 6) is 5.56. The van der Waals surface area contributed by atoms with E-state index in [4.69, 9.17) is 4.74 Å². The molecule has 1 amide bonds. The number of amides is 1. The number of halogens is 1. The lowest BCUT2D eigenvalue weighted by Crippen LogP contribution is -2.30. The molecule has 0 atom stereocenters. The number of hydrogen-bond acceptors (Lipinski definition) is 5. The van der Waals surface area contributed by atoms with Gasteiger partial charge in [-0.25, -0.2) is 14.4 Å². The van der Waals surface area contributed by atoms with E-state index in [1.165, 1.54) is 19.6 Å². The zero-order chi connectivity index (χ0) is 26.9. The van der Waals surface area contributed by atoms with E-state index in [-0.39, 0.29) is 11.1 Å². The third kappa shape index (κ3) is 5.22. The van der Waals surface area contributed by atoms with Gasteiger partial charge in [-0.05, 0) is 87.3 Å². The van der Waals surface area contributed by atoms with Gasteiger partial charge in [0.1, 0.15) is 11.5 Å². The Morgan fingerprint density at radius 3 is 2.58 bits per heavy atom. The van der Waals surface area contributed by atoms with E-state index in [9.17, 15) is 4.79 Å². The monoisotopic (exact) mass is 512 g/mol. The molecule has 7 heteroatoms. The number of pyridine rings is 2. The van der Waals surface area contributed by atoms with Crippen molar-refractivity contribution in [2.75, 3.05) is 30.4 Å². The fraction of sp³-hybridized carbons (Fsp3) is 0.387. The molecule has 2 fully saturated rings. The number of carbonyl (C=O) groups excluding carboxylic acids is 1. The number of carbonyl (C=O) groups is 1. The van der Waals surface area contributed by atoms with Crippen molar-refractivity contribution in [3.05, 3.63) is 64.9 Å². The first-order valence-corrected chi connectivity index (χ1v) is 13.2. The zero-order valence-corrected chi connectivity index (χ0v) is 22.4. The van der Waals surface area contributed by atoms with Crippen LogP contribution >= 0.6 is 0 Å². The quantitative estimate of drug-likeness (QED) is 0.395. The summed E-state index contributed by atoms with van der Waals surface area (Å²) in [5.41, 5.74) is 5.44. The Kier molecular flexibility index (Phi) is 7.07. The van der Waals surface area contributed by atoms with Crippen LogP contribution in [0.5, 0.6) is 5.88 Å². The van der Waals surface area contributed by atoms with Gasteiger partial charge in [0.05, 0.1) is 24.2 Å². The van der Waals surface area contributed by atoms with Gasteiger partial charge in [-0.15, -0.1) is 0 Å². The Hall–Kier alpha value is -3.92. The minimum absolute atomic E-state index is 0.0424. The van der Waals surface area contributed by atoms with Gasteiger partial charge in [0.15, 0.2) is 0 Å². The molecular weight excluding hydrogens is 479 g/mol. The summed E-state index contributed by atoms with van der Waals surface area (Å²) in [5, 5.41) is 2.77. The highest BCUT2D eigenvalue weighted by molar-refractivity contribution is 6.05. The number of ether oxygens (including phenoxy) is 1. The predicted octanol–water partition coefficient (Wildman–Crippen LogP) is 6.27. The lowest BCUT2D eigenvalue weighted by molar-refractivity contribution is 0.102. The highest BCUT2D eigenvalue weighted by Crippen LogP contribution is 2.47. The molecule has 0 spiro atoms. The largest absolute Gasteiger partial charge is 0.481 e. The minimum atomic E-state index is -0.493. The van der Waals surface area contributed by atoms with Crippen molar-refractivity contribution in [1.82, 2.24) is 9.97 Å². The fourth-order valence-corrected chi connectivity index (χ4v) is 4.96. The summed E-state index contributed by atoms with van der Waals surface area (Å²) in [6, 6.07) is 8.58. The highest BCUT2D eigenvalue weighted by atomic mass is 19.1. The van der Waals surface area contributed by atoms with Crippen LogP contribution in [-0.2, 0) is 5.41 Å². The second-order valence-electron chi connectivity index (χ2n) is 10.5. The van der Waals surface area contributed by atoms with Gasteiger partial charge < -0.3 is 15.0 Å². The van der Waals surface area contributed by atoms with Crippen molar-refractivity contribution < 1.29 is 13.9 Å². The van der Waals surface area contributed by atoms with Gasteiger partial charge in [-0.2, -0.15) is 0 Å². The van der Waals surface area contributed by atoms with E-state index in [1.54, 1.807) is 31.3 Å². The number of anilines is 2. The lowest BCUT2D eigenvalue weighted by atomic mass is 9.99. The molecule has 5 rings (SSSR count). The standard InChI is InChI=1S/C31H33FN4O2/c1-5-9-25-27(36-12-7-6-8-13-36)15-22(19-33-25)23-18-26(24(32)14-20(23)2)34-30(37)21-16-28(31(3)10-11-31)35-29(17-21)38-4/h14-19H,6-8,10-13H2,1-4H3,(H,34,37). The summed E-state index contributed by atoms with van der Waals surface area (Å²) >= 11 is 0. The van der Waals surface area contributed by atoms with Gasteiger partial charge >= 0.3 is 0 Å². The SMILES string of the molecule is CC#Cc1ncc(-c2cc(NC(=O)c3cc(OC)nc(C4(C)CC4)c3)c(F)cc2C)cc1N1CCCCC1. The lowest BCUT2D eigenvalue weighted by Gasteiger charge is -2.29. The Morgan fingerprint density at radius 1 is 1.13 bits per heavy atom. The first-order valence-electron chi connectivity index (χ1n) is 13.2. The summed E-state index contributed by atoms with van der Waals surface area (Å²) in [6.45, 7) is 7.71. The number of aromatic nitrogens is 2. The average molecular weight is 513 g/mol. The molecule has 1 aliphatic carbocycles. The number of nitrogens with zero attached hydrogens (tertiary/aromatic N) is 3. The van der Waals surface area contributed by atoms with Crippen molar-refractivity contribution in [3.63, 3.8) is 0 Å². The first-order chi connectivity index (χ1) is 18.3. The molecule has 2 aromatic heterocycles. The predicted molar refractivity (Wildman–Crippen MR) is 148 cm³/mol. The fourth-order valence-electron chi connectivity index (χ4n) is 4.96. The van der Waals surface area contributed by atoms with E-state index in [1.807, 2.05) is 6.92 Å².